The first kappa shape index (κ1) is 17.2. The van der Waals surface area contributed by atoms with E-state index in [1.54, 1.807) is 13.3 Å². The first-order valence-electron chi connectivity index (χ1n) is 8.01. The fourth-order valence-corrected chi connectivity index (χ4v) is 2.51. The molecule has 0 spiro atoms. The van der Waals surface area contributed by atoms with Gasteiger partial charge in [-0.05, 0) is 36.5 Å². The van der Waals surface area contributed by atoms with Crippen LogP contribution < -0.4 is 5.32 Å². The number of carbonyl (C=O) groups is 1. The Morgan fingerprint density at radius 2 is 2.00 bits per heavy atom. The molecule has 1 aromatic heterocycles. The van der Waals surface area contributed by atoms with Crippen LogP contribution in [0.15, 0.2) is 54.9 Å². The maximum Gasteiger partial charge on any atom is 0.227 e. The summed E-state index contributed by atoms with van der Waals surface area (Å²) in [5.41, 5.74) is 2.10. The second kappa shape index (κ2) is 9.74. The highest BCUT2D eigenvalue weighted by atomic mass is 16.5. The van der Waals surface area contributed by atoms with Crippen molar-refractivity contribution in [2.24, 2.45) is 0 Å². The molecule has 0 radical (unpaired) electrons. The molecule has 0 fully saturated rings. The van der Waals surface area contributed by atoms with E-state index in [0.717, 1.165) is 30.6 Å². The van der Waals surface area contributed by atoms with Crippen molar-refractivity contribution in [1.29, 1.82) is 0 Å². The Labute approximate surface area is 137 Å². The van der Waals surface area contributed by atoms with E-state index in [9.17, 15) is 4.79 Å². The largest absolute Gasteiger partial charge is 0.385 e. The van der Waals surface area contributed by atoms with Crippen molar-refractivity contribution in [2.45, 2.75) is 25.2 Å². The number of hydrogen-bond acceptors (Lipinski definition) is 3. The molecule has 0 aliphatic rings. The number of aromatic nitrogens is 1. The van der Waals surface area contributed by atoms with Gasteiger partial charge in [0.05, 0.1) is 5.92 Å². The van der Waals surface area contributed by atoms with Gasteiger partial charge in [0, 0.05) is 32.7 Å². The maximum absolute atomic E-state index is 12.6. The molecule has 0 bridgehead atoms. The normalized spacial score (nSPS) is 11.9. The summed E-state index contributed by atoms with van der Waals surface area (Å²) in [5, 5.41) is 3.05. The molecule has 4 nitrogen and oxygen atoms in total. The van der Waals surface area contributed by atoms with Gasteiger partial charge < -0.3 is 10.1 Å². The van der Waals surface area contributed by atoms with Crippen LogP contribution in [0.4, 0.5) is 0 Å². The van der Waals surface area contributed by atoms with Gasteiger partial charge in [-0.2, -0.15) is 0 Å². The highest BCUT2D eigenvalue weighted by Gasteiger charge is 2.20. The van der Waals surface area contributed by atoms with Crippen molar-refractivity contribution in [3.05, 3.63) is 66.0 Å². The van der Waals surface area contributed by atoms with Crippen molar-refractivity contribution in [2.75, 3.05) is 20.3 Å². The fourth-order valence-electron chi connectivity index (χ4n) is 2.51. The Bertz CT molecular complexity index is 572. The molecule has 4 heteroatoms. The van der Waals surface area contributed by atoms with Crippen molar-refractivity contribution in [3.63, 3.8) is 0 Å². The number of unbranched alkanes of at least 4 members (excludes halogenated alkanes) is 1. The number of methoxy groups -OCH3 is 1. The summed E-state index contributed by atoms with van der Waals surface area (Å²) in [5.74, 6) is -0.125. The summed E-state index contributed by atoms with van der Waals surface area (Å²) in [6.07, 6.45) is 6.10. The van der Waals surface area contributed by atoms with Gasteiger partial charge in [-0.25, -0.2) is 0 Å². The summed E-state index contributed by atoms with van der Waals surface area (Å²) < 4.78 is 5.03. The lowest BCUT2D eigenvalue weighted by molar-refractivity contribution is -0.122. The number of pyridine rings is 1. The summed E-state index contributed by atoms with van der Waals surface area (Å²) in [6.45, 7) is 1.41. The standard InChI is InChI=1S/C19H24N2O2/c1-23-13-6-5-12-21-19(22)18(17-9-3-2-4-10-17)14-16-8-7-11-20-15-16/h2-4,7-11,15,18H,5-6,12-14H2,1H3,(H,21,22). The van der Waals surface area contributed by atoms with Crippen LogP contribution >= 0.6 is 0 Å². The molecular formula is C19H24N2O2. The van der Waals surface area contributed by atoms with Crippen LogP contribution in [0.25, 0.3) is 0 Å². The van der Waals surface area contributed by atoms with Gasteiger partial charge in [0.1, 0.15) is 0 Å². The lowest BCUT2D eigenvalue weighted by atomic mass is 9.91. The predicted molar refractivity (Wildman–Crippen MR) is 91.2 cm³/mol. The van der Waals surface area contributed by atoms with Gasteiger partial charge in [0.2, 0.25) is 5.91 Å². The van der Waals surface area contributed by atoms with E-state index in [0.29, 0.717) is 13.0 Å². The molecule has 2 aromatic rings. The van der Waals surface area contributed by atoms with E-state index >= 15 is 0 Å². The van der Waals surface area contributed by atoms with E-state index in [-0.39, 0.29) is 11.8 Å². The number of nitrogens with one attached hydrogen (secondary N) is 1. The van der Waals surface area contributed by atoms with Gasteiger partial charge in [-0.3, -0.25) is 9.78 Å². The Balaban J connectivity index is 2.00. The first-order valence-corrected chi connectivity index (χ1v) is 8.01. The molecule has 1 unspecified atom stereocenters. The van der Waals surface area contributed by atoms with E-state index in [1.807, 2.05) is 48.7 Å². The lowest BCUT2D eigenvalue weighted by Gasteiger charge is -2.17. The number of amides is 1. The minimum absolute atomic E-state index is 0.0671. The minimum Gasteiger partial charge on any atom is -0.385 e. The van der Waals surface area contributed by atoms with Gasteiger partial charge >= 0.3 is 0 Å². The number of rotatable bonds is 9. The van der Waals surface area contributed by atoms with Crippen LogP contribution in [0.3, 0.4) is 0 Å². The molecule has 122 valence electrons. The number of carbonyl (C=O) groups excluding carboxylic acids is 1. The van der Waals surface area contributed by atoms with Crippen LogP contribution in [0.2, 0.25) is 0 Å². The Morgan fingerprint density at radius 3 is 2.70 bits per heavy atom. The Kier molecular flexibility index (Phi) is 7.27. The molecular weight excluding hydrogens is 288 g/mol. The van der Waals surface area contributed by atoms with Gasteiger partial charge in [0.25, 0.3) is 0 Å². The van der Waals surface area contributed by atoms with Crippen LogP contribution in [-0.2, 0) is 16.0 Å². The second-order valence-electron chi connectivity index (χ2n) is 5.52. The van der Waals surface area contributed by atoms with Gasteiger partial charge in [-0.15, -0.1) is 0 Å². The summed E-state index contributed by atoms with van der Waals surface area (Å²) in [6, 6.07) is 13.8. The number of hydrogen-bond donors (Lipinski definition) is 1. The third-order valence-electron chi connectivity index (χ3n) is 3.76. The Morgan fingerprint density at radius 1 is 1.17 bits per heavy atom. The van der Waals surface area contributed by atoms with Crippen molar-refractivity contribution in [1.82, 2.24) is 10.3 Å². The molecule has 1 heterocycles. The summed E-state index contributed by atoms with van der Waals surface area (Å²) in [7, 11) is 1.69. The molecule has 0 aliphatic heterocycles. The zero-order valence-corrected chi connectivity index (χ0v) is 13.6. The molecule has 1 amide bonds. The number of benzene rings is 1. The van der Waals surface area contributed by atoms with E-state index in [2.05, 4.69) is 10.3 Å². The zero-order valence-electron chi connectivity index (χ0n) is 13.6. The van der Waals surface area contributed by atoms with Crippen LogP contribution in [0.1, 0.15) is 29.9 Å². The van der Waals surface area contributed by atoms with Gasteiger partial charge in [0.15, 0.2) is 0 Å². The quantitative estimate of drug-likeness (QED) is 0.724. The topological polar surface area (TPSA) is 51.2 Å². The van der Waals surface area contributed by atoms with E-state index in [4.69, 9.17) is 4.74 Å². The van der Waals surface area contributed by atoms with E-state index in [1.165, 1.54) is 0 Å². The first-order chi connectivity index (χ1) is 11.3. The molecule has 1 aromatic carbocycles. The average molecular weight is 312 g/mol. The number of nitrogens with zero attached hydrogens (tertiary/aromatic N) is 1. The van der Waals surface area contributed by atoms with Crippen molar-refractivity contribution >= 4 is 5.91 Å². The minimum atomic E-state index is -0.192. The summed E-state index contributed by atoms with van der Waals surface area (Å²) in [4.78, 5) is 16.8. The molecule has 1 atom stereocenters. The second-order valence-corrected chi connectivity index (χ2v) is 5.52. The van der Waals surface area contributed by atoms with E-state index < -0.39 is 0 Å². The smallest absolute Gasteiger partial charge is 0.227 e. The highest BCUT2D eigenvalue weighted by Crippen LogP contribution is 2.21. The van der Waals surface area contributed by atoms with Crippen molar-refractivity contribution in [3.8, 4) is 0 Å². The van der Waals surface area contributed by atoms with Crippen molar-refractivity contribution < 1.29 is 9.53 Å². The zero-order chi connectivity index (χ0) is 16.3. The average Bonchev–Trinajstić information content (AvgIpc) is 2.61. The molecule has 0 aliphatic carbocycles. The Hall–Kier alpha value is -2.20. The number of ether oxygens (including phenoxy) is 1. The predicted octanol–water partition coefficient (Wildman–Crippen LogP) is 2.95. The lowest BCUT2D eigenvalue weighted by Crippen LogP contribution is -2.31. The molecule has 0 saturated carbocycles. The fraction of sp³-hybridized carbons (Fsp3) is 0.368. The molecule has 0 saturated heterocycles. The van der Waals surface area contributed by atoms with Crippen LogP contribution in [0.5, 0.6) is 0 Å². The molecule has 23 heavy (non-hydrogen) atoms. The third kappa shape index (κ3) is 5.83. The van der Waals surface area contributed by atoms with Gasteiger partial charge in [-0.1, -0.05) is 36.4 Å². The monoisotopic (exact) mass is 312 g/mol. The molecule has 1 N–H and O–H groups in total. The highest BCUT2D eigenvalue weighted by molar-refractivity contribution is 5.83. The maximum atomic E-state index is 12.6. The summed E-state index contributed by atoms with van der Waals surface area (Å²) >= 11 is 0. The third-order valence-corrected chi connectivity index (χ3v) is 3.76. The molecule has 2 rings (SSSR count). The van der Waals surface area contributed by atoms with Crippen LogP contribution in [0, 0.1) is 0 Å². The SMILES string of the molecule is COCCCCNC(=O)C(Cc1cccnc1)c1ccccc1. The van der Waals surface area contributed by atoms with Crippen LogP contribution in [-0.4, -0.2) is 31.2 Å².